The van der Waals surface area contributed by atoms with E-state index in [1.165, 1.54) is 24.3 Å². The first-order valence-electron chi connectivity index (χ1n) is 9.34. The summed E-state index contributed by atoms with van der Waals surface area (Å²) in [6, 6.07) is 6.12. The van der Waals surface area contributed by atoms with Crippen LogP contribution in [0.3, 0.4) is 0 Å². The monoisotopic (exact) mass is 528 g/mol. The van der Waals surface area contributed by atoms with Gasteiger partial charge in [-0.05, 0) is 0 Å². The Kier molecular flexibility index (Phi) is 5.19. The molecular weight excluding hydrogens is 526 g/mol. The molecule has 0 aromatic heterocycles. The molecule has 3 aromatic rings. The van der Waals surface area contributed by atoms with E-state index in [0.29, 0.717) is 23.5 Å². The van der Waals surface area contributed by atoms with Crippen LogP contribution < -0.4 is 10.6 Å². The summed E-state index contributed by atoms with van der Waals surface area (Å²) in [7, 11) is 0. The van der Waals surface area contributed by atoms with Gasteiger partial charge in [-0.25, -0.2) is 26.3 Å². The van der Waals surface area contributed by atoms with Gasteiger partial charge in [-0.2, -0.15) is 21.0 Å². The maximum Gasteiger partial charge on any atom is 0.184 e. The Morgan fingerprint density at radius 2 is 0.944 bits per heavy atom. The minimum absolute atomic E-state index is 0.275. The first-order chi connectivity index (χ1) is 17.2. The fourth-order valence-electron chi connectivity index (χ4n) is 3.85. The number of allylic oxidation sites excluding steroid dienone is 2. The number of thioether (sulfide) groups is 2. The van der Waals surface area contributed by atoms with Crippen molar-refractivity contribution in [3.63, 3.8) is 0 Å². The van der Waals surface area contributed by atoms with Gasteiger partial charge in [0.1, 0.15) is 34.3 Å². The van der Waals surface area contributed by atoms with E-state index in [1.807, 2.05) is 0 Å². The highest BCUT2D eigenvalue weighted by Gasteiger charge is 2.37. The van der Waals surface area contributed by atoms with E-state index in [-0.39, 0.29) is 10.1 Å². The lowest BCUT2D eigenvalue weighted by atomic mass is 9.97. The van der Waals surface area contributed by atoms with Crippen molar-refractivity contribution in [2.75, 3.05) is 10.6 Å². The topological polar surface area (TPSA) is 119 Å². The number of hydrogen-bond donors (Lipinski definition) is 2. The van der Waals surface area contributed by atoms with Gasteiger partial charge in [-0.15, -0.1) is 0 Å². The predicted molar refractivity (Wildman–Crippen MR) is 117 cm³/mol. The molecule has 0 amide bonds. The van der Waals surface area contributed by atoms with Crippen molar-refractivity contribution in [1.82, 2.24) is 0 Å². The van der Waals surface area contributed by atoms with Gasteiger partial charge in [-0.1, -0.05) is 23.5 Å². The molecule has 0 bridgehead atoms. The number of hydrogen-bond acceptors (Lipinski definition) is 8. The number of rotatable bonds is 0. The van der Waals surface area contributed by atoms with E-state index in [2.05, 4.69) is 10.6 Å². The summed E-state index contributed by atoms with van der Waals surface area (Å²) in [5.74, 6) is -10.7. The smallest absolute Gasteiger partial charge is 0.184 e. The van der Waals surface area contributed by atoms with Crippen LogP contribution in [0.25, 0.3) is 21.5 Å². The lowest BCUT2D eigenvalue weighted by Crippen LogP contribution is -2.04. The maximum atomic E-state index is 15.4. The highest BCUT2D eigenvalue weighted by molar-refractivity contribution is 8.04. The second kappa shape index (κ2) is 8.03. The zero-order chi connectivity index (χ0) is 26.0. The summed E-state index contributed by atoms with van der Waals surface area (Å²) in [4.78, 5) is -1.02. The normalized spacial score (nSPS) is 13.3. The van der Waals surface area contributed by atoms with Crippen LogP contribution in [0.15, 0.2) is 31.0 Å². The maximum absolute atomic E-state index is 15.4. The van der Waals surface area contributed by atoms with Crippen molar-refractivity contribution in [2.45, 2.75) is 9.79 Å². The molecule has 36 heavy (non-hydrogen) atoms. The molecule has 2 aliphatic heterocycles. The number of nitriles is 4. The standard InChI is InChI=1S/C22H2F6N6S2/c23-11-7-8-9(13(25)16(28)20-17(8)33-21(36-20)5(1-29)2-30)12(24)14(26)10(7)19-18(15(11)27)34-22(35-19)6(3-31)4-32/h33-34H. The van der Waals surface area contributed by atoms with Gasteiger partial charge in [0.15, 0.2) is 46.0 Å². The Labute approximate surface area is 204 Å². The van der Waals surface area contributed by atoms with Crippen molar-refractivity contribution in [3.8, 4) is 24.3 Å². The lowest BCUT2D eigenvalue weighted by molar-refractivity contribution is 0.486. The zero-order valence-electron chi connectivity index (χ0n) is 16.9. The quantitative estimate of drug-likeness (QED) is 0.196. The van der Waals surface area contributed by atoms with Gasteiger partial charge in [0.25, 0.3) is 0 Å². The first kappa shape index (κ1) is 23.3. The van der Waals surface area contributed by atoms with Crippen molar-refractivity contribution in [1.29, 1.82) is 21.0 Å². The van der Waals surface area contributed by atoms with Gasteiger partial charge in [0, 0.05) is 16.2 Å². The molecule has 0 spiro atoms. The minimum atomic E-state index is -1.91. The van der Waals surface area contributed by atoms with Crippen LogP contribution in [0.5, 0.6) is 0 Å². The fraction of sp³-hybridized carbons (Fsp3) is 0. The zero-order valence-corrected chi connectivity index (χ0v) is 18.5. The Morgan fingerprint density at radius 1 is 0.500 bits per heavy atom. The molecule has 5 rings (SSSR count). The van der Waals surface area contributed by atoms with Gasteiger partial charge in [0.05, 0.1) is 26.6 Å². The number of nitrogens with one attached hydrogen (secondary N) is 2. The molecule has 174 valence electrons. The summed E-state index contributed by atoms with van der Waals surface area (Å²) >= 11 is 0.844. The fourth-order valence-corrected chi connectivity index (χ4v) is 5.92. The molecule has 0 unspecified atom stereocenters. The summed E-state index contributed by atoms with van der Waals surface area (Å²) in [6.45, 7) is 0. The van der Waals surface area contributed by atoms with E-state index >= 15 is 17.6 Å². The molecule has 0 aliphatic carbocycles. The molecule has 2 aliphatic rings. The van der Waals surface area contributed by atoms with Crippen molar-refractivity contribution in [2.24, 2.45) is 0 Å². The van der Waals surface area contributed by atoms with Crippen molar-refractivity contribution >= 4 is 56.4 Å². The molecule has 0 saturated carbocycles. The van der Waals surface area contributed by atoms with Crippen LogP contribution in [0.4, 0.5) is 37.7 Å². The third kappa shape index (κ3) is 2.86. The molecule has 0 atom stereocenters. The molecule has 3 aromatic carbocycles. The molecule has 2 heterocycles. The summed E-state index contributed by atoms with van der Waals surface area (Å²) in [5, 5.41) is 36.7. The van der Waals surface area contributed by atoms with Crippen molar-refractivity contribution in [3.05, 3.63) is 56.1 Å². The van der Waals surface area contributed by atoms with Crippen molar-refractivity contribution < 1.29 is 26.3 Å². The van der Waals surface area contributed by atoms with Gasteiger partial charge in [0.2, 0.25) is 0 Å². The van der Waals surface area contributed by atoms with Gasteiger partial charge in [-0.3, -0.25) is 0 Å². The Hall–Kier alpha value is -4.50. The molecule has 0 saturated heterocycles. The number of fused-ring (bicyclic) bond motifs is 7. The Morgan fingerprint density at radius 3 is 1.50 bits per heavy atom. The Balaban J connectivity index is 2.00. The van der Waals surface area contributed by atoms with E-state index in [9.17, 15) is 8.78 Å². The van der Waals surface area contributed by atoms with E-state index in [0.717, 1.165) is 0 Å². The number of anilines is 2. The highest BCUT2D eigenvalue weighted by Crippen LogP contribution is 2.55. The average Bonchev–Trinajstić information content (AvgIpc) is 3.50. The third-order valence-electron chi connectivity index (χ3n) is 5.34. The first-order valence-corrected chi connectivity index (χ1v) is 11.0. The van der Waals surface area contributed by atoms with Gasteiger partial charge >= 0.3 is 0 Å². The second-order valence-corrected chi connectivity index (χ2v) is 9.14. The predicted octanol–water partition coefficient (Wildman–Crippen LogP) is 6.38. The molecule has 0 fully saturated rings. The van der Waals surface area contributed by atoms with Crippen LogP contribution >= 0.6 is 23.5 Å². The van der Waals surface area contributed by atoms with E-state index in [1.54, 1.807) is 0 Å². The number of halogens is 6. The van der Waals surface area contributed by atoms with Crippen LogP contribution in [0.2, 0.25) is 0 Å². The SMILES string of the molecule is N#CC(C#N)=C1Nc2c(c(F)c(F)c3c(F)c(F)c4c5c(c(F)c(F)c4c23)NC(=C(C#N)C#N)S5)S1. The molecular formula is C22H2F6N6S2. The summed E-state index contributed by atoms with van der Waals surface area (Å²) < 4.78 is 91.0. The van der Waals surface area contributed by atoms with E-state index in [4.69, 9.17) is 21.0 Å². The lowest BCUT2D eigenvalue weighted by Gasteiger charge is -2.16. The number of nitrogens with zero attached hydrogens (tertiary/aromatic N) is 4. The number of benzene rings is 3. The highest BCUT2D eigenvalue weighted by atomic mass is 32.2. The molecule has 2 N–H and O–H groups in total. The largest absolute Gasteiger partial charge is 0.347 e. The summed E-state index contributed by atoms with van der Waals surface area (Å²) in [5.41, 5.74) is -2.29. The van der Waals surface area contributed by atoms with Crippen LogP contribution in [0, 0.1) is 80.2 Å². The summed E-state index contributed by atoms with van der Waals surface area (Å²) in [6.07, 6.45) is 0. The van der Waals surface area contributed by atoms with Crippen LogP contribution in [-0.4, -0.2) is 0 Å². The van der Waals surface area contributed by atoms with Crippen LogP contribution in [-0.2, 0) is 0 Å². The minimum Gasteiger partial charge on any atom is -0.347 e. The van der Waals surface area contributed by atoms with E-state index < -0.39 is 88.8 Å². The van der Waals surface area contributed by atoms with Crippen LogP contribution in [0.1, 0.15) is 0 Å². The third-order valence-corrected chi connectivity index (χ3v) is 7.56. The van der Waals surface area contributed by atoms with Gasteiger partial charge < -0.3 is 10.6 Å². The molecule has 0 radical (unpaired) electrons. The molecule has 14 heteroatoms. The Bertz CT molecular complexity index is 1820. The second-order valence-electron chi connectivity index (χ2n) is 7.10. The molecule has 6 nitrogen and oxygen atoms in total. The average molecular weight is 528 g/mol.